The van der Waals surface area contributed by atoms with Crippen molar-refractivity contribution in [3.8, 4) is 0 Å². The third-order valence-electron chi connectivity index (χ3n) is 15.1. The number of hydrogen-bond acceptors (Lipinski definition) is 6. The molecule has 0 aromatic heterocycles. The molecule has 0 aromatic rings. The molecule has 6 heteroatoms. The minimum atomic E-state index is -0.784. The summed E-state index contributed by atoms with van der Waals surface area (Å²) in [5.74, 6) is -0.875. The molecule has 0 radical (unpaired) electrons. The van der Waals surface area contributed by atoms with Gasteiger partial charge in [-0.2, -0.15) is 0 Å². The van der Waals surface area contributed by atoms with Crippen molar-refractivity contribution < 1.29 is 28.6 Å². The van der Waals surface area contributed by atoms with E-state index in [4.69, 9.17) is 14.2 Å². The Morgan fingerprint density at radius 2 is 0.481 bits per heavy atom. The third kappa shape index (κ3) is 67.0. The second-order valence-corrected chi connectivity index (χ2v) is 23.1. The van der Waals surface area contributed by atoms with Gasteiger partial charge < -0.3 is 14.2 Å². The van der Waals surface area contributed by atoms with Gasteiger partial charge in [0.25, 0.3) is 0 Å². The summed E-state index contributed by atoms with van der Waals surface area (Å²) in [6.07, 6.45) is 92.7. The molecular weight excluding hydrogens is 997 g/mol. The first-order chi connectivity index (χ1) is 40.0. The van der Waals surface area contributed by atoms with Crippen LogP contribution in [0.25, 0.3) is 0 Å². The average molecular weight is 1130 g/mol. The van der Waals surface area contributed by atoms with Crippen LogP contribution in [0.3, 0.4) is 0 Å². The summed E-state index contributed by atoms with van der Waals surface area (Å²) < 4.78 is 17.0. The van der Waals surface area contributed by atoms with Gasteiger partial charge in [-0.15, -0.1) is 0 Å². The molecule has 0 bridgehead atoms. The Hall–Kier alpha value is -3.67. The van der Waals surface area contributed by atoms with Crippen LogP contribution < -0.4 is 0 Å². The van der Waals surface area contributed by atoms with Crippen LogP contribution in [0.1, 0.15) is 342 Å². The van der Waals surface area contributed by atoms with E-state index in [1.54, 1.807) is 0 Å². The molecule has 1 unspecified atom stereocenters. The fraction of sp³-hybridized carbons (Fsp3) is 0.747. The Morgan fingerprint density at radius 1 is 0.259 bits per heavy atom. The van der Waals surface area contributed by atoms with E-state index >= 15 is 0 Å². The van der Waals surface area contributed by atoms with Gasteiger partial charge in [0.15, 0.2) is 6.10 Å². The number of carbonyl (C=O) groups is 3. The molecule has 0 saturated carbocycles. The maximum absolute atomic E-state index is 13.0. The second kappa shape index (κ2) is 68.8. The van der Waals surface area contributed by atoms with Crippen LogP contribution in [0, 0.1) is 0 Å². The summed E-state index contributed by atoms with van der Waals surface area (Å²) in [5, 5.41) is 0. The van der Waals surface area contributed by atoms with E-state index in [1.165, 1.54) is 193 Å². The van der Waals surface area contributed by atoms with Crippen LogP contribution in [-0.2, 0) is 28.6 Å². The molecule has 6 nitrogen and oxygen atoms in total. The van der Waals surface area contributed by atoms with E-state index in [2.05, 4.69) is 118 Å². The van der Waals surface area contributed by atoms with Crippen LogP contribution in [-0.4, -0.2) is 37.2 Å². The molecule has 0 fully saturated rings. The van der Waals surface area contributed by atoms with E-state index in [1.807, 2.05) is 0 Å². The van der Waals surface area contributed by atoms with E-state index in [9.17, 15) is 14.4 Å². The standard InChI is InChI=1S/C75H130O6/c1-4-7-10-13-16-19-22-25-28-30-32-34-35-36-37-38-39-41-42-44-47-50-53-56-59-62-65-68-74(77)80-71-72(70-79-73(76)67-64-61-58-55-52-49-46-27-24-21-18-15-12-9-6-3)81-75(78)69-66-63-60-57-54-51-48-45-43-40-33-31-29-26-23-20-17-14-11-8-5-2/h7,10,16,19,23,25-26,28,31-34,36-37,39,41,72H,4-6,8-9,11-15,17-18,20-22,24,27,29-30,35,38,40,42-71H2,1-3H3/b10-7-,19-16-,26-23-,28-25-,33-31-,34-32-,37-36-,41-39-. The maximum atomic E-state index is 13.0. The van der Waals surface area contributed by atoms with Crippen molar-refractivity contribution >= 4 is 17.9 Å². The first-order valence-corrected chi connectivity index (χ1v) is 34.7. The molecule has 0 heterocycles. The molecule has 0 aromatic carbocycles. The van der Waals surface area contributed by atoms with E-state index < -0.39 is 6.10 Å². The molecule has 0 aliphatic carbocycles. The van der Waals surface area contributed by atoms with Crippen molar-refractivity contribution in [2.75, 3.05) is 13.2 Å². The lowest BCUT2D eigenvalue weighted by Crippen LogP contribution is -2.30. The van der Waals surface area contributed by atoms with E-state index in [-0.39, 0.29) is 31.1 Å². The van der Waals surface area contributed by atoms with Crippen molar-refractivity contribution in [2.45, 2.75) is 348 Å². The van der Waals surface area contributed by atoms with Crippen LogP contribution in [0.5, 0.6) is 0 Å². The summed E-state index contributed by atoms with van der Waals surface area (Å²) in [6, 6.07) is 0. The normalized spacial score (nSPS) is 12.7. The number of allylic oxidation sites excluding steroid dienone is 16. The summed E-state index contributed by atoms with van der Waals surface area (Å²) in [7, 11) is 0. The summed E-state index contributed by atoms with van der Waals surface area (Å²) >= 11 is 0. The molecule has 0 amide bonds. The number of rotatable bonds is 63. The highest BCUT2D eigenvalue weighted by Gasteiger charge is 2.19. The van der Waals surface area contributed by atoms with Gasteiger partial charge in [0.2, 0.25) is 0 Å². The van der Waals surface area contributed by atoms with Crippen molar-refractivity contribution in [2.24, 2.45) is 0 Å². The van der Waals surface area contributed by atoms with Crippen LogP contribution in [0.2, 0.25) is 0 Å². The summed E-state index contributed by atoms with van der Waals surface area (Å²) in [5.41, 5.74) is 0. The predicted molar refractivity (Wildman–Crippen MR) is 353 cm³/mol. The Labute approximate surface area is 502 Å². The van der Waals surface area contributed by atoms with Gasteiger partial charge in [-0.25, -0.2) is 0 Å². The van der Waals surface area contributed by atoms with Crippen LogP contribution in [0.15, 0.2) is 97.2 Å². The highest BCUT2D eigenvalue weighted by atomic mass is 16.6. The number of ether oxygens (including phenoxy) is 3. The molecule has 0 aliphatic heterocycles. The van der Waals surface area contributed by atoms with Gasteiger partial charge in [-0.05, 0) is 103 Å². The predicted octanol–water partition coefficient (Wildman–Crippen LogP) is 24.0. The Balaban J connectivity index is 4.35. The van der Waals surface area contributed by atoms with Crippen molar-refractivity contribution in [1.82, 2.24) is 0 Å². The van der Waals surface area contributed by atoms with Gasteiger partial charge in [0, 0.05) is 19.3 Å². The second-order valence-electron chi connectivity index (χ2n) is 23.1. The number of unbranched alkanes of at least 4 members (excludes halogenated alkanes) is 36. The minimum absolute atomic E-state index is 0.0784. The van der Waals surface area contributed by atoms with Crippen molar-refractivity contribution in [1.29, 1.82) is 0 Å². The highest BCUT2D eigenvalue weighted by molar-refractivity contribution is 5.71. The van der Waals surface area contributed by atoms with Crippen LogP contribution in [0.4, 0.5) is 0 Å². The zero-order valence-corrected chi connectivity index (χ0v) is 53.5. The van der Waals surface area contributed by atoms with Gasteiger partial charge in [-0.1, -0.05) is 317 Å². The first-order valence-electron chi connectivity index (χ1n) is 34.7. The Bertz CT molecular complexity index is 1580. The number of esters is 3. The van der Waals surface area contributed by atoms with Crippen molar-refractivity contribution in [3.05, 3.63) is 97.2 Å². The van der Waals surface area contributed by atoms with E-state index in [0.29, 0.717) is 19.3 Å². The number of hydrogen-bond donors (Lipinski definition) is 0. The molecule has 0 N–H and O–H groups in total. The fourth-order valence-electron chi connectivity index (χ4n) is 9.89. The molecule has 0 spiro atoms. The fourth-order valence-corrected chi connectivity index (χ4v) is 9.89. The lowest BCUT2D eigenvalue weighted by atomic mass is 10.0. The summed E-state index contributed by atoms with van der Waals surface area (Å²) in [4.78, 5) is 38.4. The highest BCUT2D eigenvalue weighted by Crippen LogP contribution is 2.17. The van der Waals surface area contributed by atoms with E-state index in [0.717, 1.165) is 109 Å². The molecular formula is C75H130O6. The Morgan fingerprint density at radius 3 is 0.753 bits per heavy atom. The largest absolute Gasteiger partial charge is 0.462 e. The zero-order valence-electron chi connectivity index (χ0n) is 53.5. The van der Waals surface area contributed by atoms with Gasteiger partial charge in [0.05, 0.1) is 0 Å². The lowest BCUT2D eigenvalue weighted by Gasteiger charge is -2.18. The topological polar surface area (TPSA) is 78.9 Å². The molecule has 0 aliphatic rings. The number of carbonyl (C=O) groups excluding carboxylic acids is 3. The third-order valence-corrected chi connectivity index (χ3v) is 15.1. The molecule has 0 saturated heterocycles. The van der Waals surface area contributed by atoms with Crippen LogP contribution >= 0.6 is 0 Å². The monoisotopic (exact) mass is 1130 g/mol. The maximum Gasteiger partial charge on any atom is 0.306 e. The SMILES string of the molecule is CC/C=C\C/C=C\C/C=C\C/C=C\C/C=C\C/C=C\CCCCCCCCCCC(=O)OCC(COC(=O)CCCCCCCCCCCCCCCCC)OC(=O)CCCCCCCCCCC/C=C\C/C=C\CCCCCCC. The minimum Gasteiger partial charge on any atom is -0.462 e. The zero-order chi connectivity index (χ0) is 58.5. The molecule has 0 rings (SSSR count). The quantitative estimate of drug-likeness (QED) is 0.0261. The van der Waals surface area contributed by atoms with Gasteiger partial charge in [-0.3, -0.25) is 14.4 Å². The lowest BCUT2D eigenvalue weighted by molar-refractivity contribution is -0.167. The first kappa shape index (κ1) is 77.3. The van der Waals surface area contributed by atoms with Gasteiger partial charge >= 0.3 is 17.9 Å². The van der Waals surface area contributed by atoms with Gasteiger partial charge in [0.1, 0.15) is 13.2 Å². The smallest absolute Gasteiger partial charge is 0.306 e. The molecule has 81 heavy (non-hydrogen) atoms. The molecule has 466 valence electrons. The Kier molecular flexibility index (Phi) is 65.7. The van der Waals surface area contributed by atoms with Crippen molar-refractivity contribution in [3.63, 3.8) is 0 Å². The average Bonchev–Trinajstić information content (AvgIpc) is 3.47. The molecule has 1 atom stereocenters. The summed E-state index contributed by atoms with van der Waals surface area (Å²) in [6.45, 7) is 6.55.